The van der Waals surface area contributed by atoms with Crippen molar-refractivity contribution in [1.29, 1.82) is 10.5 Å². The van der Waals surface area contributed by atoms with E-state index in [2.05, 4.69) is 23.1 Å². The van der Waals surface area contributed by atoms with Crippen molar-refractivity contribution >= 4 is 19.2 Å². The minimum atomic E-state index is -4.75. The molecule has 4 rings (SSSR count). The van der Waals surface area contributed by atoms with Crippen LogP contribution in [-0.2, 0) is 28.7 Å². The molecule has 1 unspecified atom stereocenters. The summed E-state index contributed by atoms with van der Waals surface area (Å²) in [5, 5.41) is 34.8. The number of fused-ring (bicyclic) bond motifs is 1. The summed E-state index contributed by atoms with van der Waals surface area (Å²) in [5.41, 5.74) is 5.24. The van der Waals surface area contributed by atoms with Gasteiger partial charge in [0.1, 0.15) is 59.0 Å². The number of nitriles is 2. The summed E-state index contributed by atoms with van der Waals surface area (Å²) >= 11 is 0. The molecular formula is C42H63N6O10P. The number of hydrogen-bond acceptors (Lipinski definition) is 14. The molecule has 326 valence electrons. The number of aromatic nitrogens is 3. The molecule has 59 heavy (non-hydrogen) atoms. The van der Waals surface area contributed by atoms with Gasteiger partial charge in [0.25, 0.3) is 0 Å². The lowest BCUT2D eigenvalue weighted by Gasteiger charge is -2.23. The van der Waals surface area contributed by atoms with Crippen molar-refractivity contribution in [1.82, 2.24) is 14.6 Å². The molecule has 0 radical (unpaired) electrons. The van der Waals surface area contributed by atoms with Gasteiger partial charge < -0.3 is 39.4 Å². The van der Waals surface area contributed by atoms with Crippen molar-refractivity contribution < 1.29 is 47.3 Å². The highest BCUT2D eigenvalue weighted by atomic mass is 31.2. The van der Waals surface area contributed by atoms with E-state index in [0.717, 1.165) is 19.3 Å². The molecule has 1 saturated heterocycles. The van der Waals surface area contributed by atoms with E-state index in [1.54, 1.807) is 12.1 Å². The molecule has 0 bridgehead atoms. The second-order valence-corrected chi connectivity index (χ2v) is 16.5. The third kappa shape index (κ3) is 14.6. The summed E-state index contributed by atoms with van der Waals surface area (Å²) in [4.78, 5) is 14.6. The number of rotatable bonds is 30. The van der Waals surface area contributed by atoms with Crippen LogP contribution in [0.15, 0.2) is 30.6 Å². The maximum absolute atomic E-state index is 13.1. The number of benzene rings is 1. The molecule has 3 heterocycles. The fraction of sp³-hybridized carbons (Fsp3) is 0.667. The SMILES string of the molecule is CCCCCCCCCCCCCCCCCCOC[C@H](COP(=O)(O)OC[C@H]1O[C@@](C#N)(c2ccc3c(N)ncnn23)C[C@@H]1O)Oc1cc(OC)c(C#N)c(OC)c1. The summed E-state index contributed by atoms with van der Waals surface area (Å²) in [6.45, 7) is 1.73. The molecule has 4 N–H and O–H groups in total. The molecule has 16 nitrogen and oxygen atoms in total. The van der Waals surface area contributed by atoms with E-state index >= 15 is 0 Å². The fourth-order valence-corrected chi connectivity index (χ4v) is 8.00. The van der Waals surface area contributed by atoms with Crippen LogP contribution in [0.2, 0.25) is 0 Å². The Balaban J connectivity index is 1.24. The van der Waals surface area contributed by atoms with Gasteiger partial charge >= 0.3 is 7.82 Å². The van der Waals surface area contributed by atoms with Crippen LogP contribution in [0.5, 0.6) is 17.2 Å². The maximum atomic E-state index is 13.1. The van der Waals surface area contributed by atoms with Crippen LogP contribution in [0, 0.1) is 22.7 Å². The topological polar surface area (TPSA) is 226 Å². The first kappa shape index (κ1) is 47.7. The number of methoxy groups -OCH3 is 2. The van der Waals surface area contributed by atoms with Gasteiger partial charge in [0.05, 0.1) is 45.8 Å². The van der Waals surface area contributed by atoms with Gasteiger partial charge in [-0.05, 0) is 18.6 Å². The highest BCUT2D eigenvalue weighted by Gasteiger charge is 2.50. The Morgan fingerprint density at radius 2 is 1.53 bits per heavy atom. The van der Waals surface area contributed by atoms with Crippen LogP contribution in [0.4, 0.5) is 5.82 Å². The number of nitrogens with zero attached hydrogens (tertiary/aromatic N) is 5. The average Bonchev–Trinajstić information content (AvgIpc) is 3.83. The number of hydrogen-bond donors (Lipinski definition) is 3. The Kier molecular flexibility index (Phi) is 20.2. The van der Waals surface area contributed by atoms with Gasteiger partial charge in [-0.25, -0.2) is 14.1 Å². The van der Waals surface area contributed by atoms with Crippen LogP contribution in [0.1, 0.15) is 127 Å². The minimum Gasteiger partial charge on any atom is -0.495 e. The number of aliphatic hydroxyl groups is 1. The molecule has 1 fully saturated rings. The molecule has 1 aliphatic rings. The molecule has 0 aliphatic carbocycles. The molecule has 3 aromatic rings. The van der Waals surface area contributed by atoms with Gasteiger partial charge in [-0.3, -0.25) is 9.05 Å². The van der Waals surface area contributed by atoms with Crippen molar-refractivity contribution in [2.24, 2.45) is 0 Å². The zero-order chi connectivity index (χ0) is 42.5. The predicted octanol–water partition coefficient (Wildman–Crippen LogP) is 7.93. The van der Waals surface area contributed by atoms with Crippen LogP contribution in [0.25, 0.3) is 5.52 Å². The number of phosphoric acid groups is 1. The Bertz CT molecular complexity index is 1830. The second kappa shape index (κ2) is 24.9. The first-order valence-corrected chi connectivity index (χ1v) is 22.5. The van der Waals surface area contributed by atoms with Gasteiger partial charge in [-0.1, -0.05) is 103 Å². The normalized spacial score (nSPS) is 19.2. The van der Waals surface area contributed by atoms with E-state index in [1.165, 1.54) is 121 Å². The summed E-state index contributed by atoms with van der Waals surface area (Å²) in [5.74, 6) is 0.895. The first-order valence-electron chi connectivity index (χ1n) is 21.0. The number of anilines is 1. The van der Waals surface area contributed by atoms with Crippen LogP contribution < -0.4 is 19.9 Å². The molecule has 0 amide bonds. The van der Waals surface area contributed by atoms with Crippen LogP contribution in [-0.4, -0.2) is 83.6 Å². The number of aliphatic hydroxyl groups excluding tert-OH is 1. The van der Waals surface area contributed by atoms with Crippen molar-refractivity contribution in [3.05, 3.63) is 41.9 Å². The standard InChI is InChI=1S/C42H63N6O10P/c1-4-5-6-7-8-9-10-11-12-13-14-15-16-17-18-19-22-54-27-33(57-32-23-37(52-2)34(26-43)38(24-32)53-3)28-55-59(50,51)56-29-39-36(49)25-42(30-44,58-39)40-21-20-35-41(45)46-31-47-48(35)40/h20-21,23-24,31,33,36,39,49H,4-19,22,25,27-29H2,1-3H3,(H,50,51)(H2,45,46,47)/t33-,36+,39-,42+/m1/s1. The van der Waals surface area contributed by atoms with Crippen LogP contribution >= 0.6 is 7.82 Å². The van der Waals surface area contributed by atoms with Gasteiger partial charge in [0.15, 0.2) is 11.4 Å². The lowest BCUT2D eigenvalue weighted by atomic mass is 9.96. The van der Waals surface area contributed by atoms with Crippen molar-refractivity contribution in [2.75, 3.05) is 46.4 Å². The number of nitrogens with two attached hydrogens (primary N) is 1. The molecule has 1 aromatic carbocycles. The zero-order valence-corrected chi connectivity index (χ0v) is 35.8. The number of nitrogen functional groups attached to an aromatic ring is 1. The Morgan fingerprint density at radius 1 is 0.932 bits per heavy atom. The molecule has 2 aromatic heterocycles. The molecule has 0 spiro atoms. The minimum absolute atomic E-state index is 0.0118. The van der Waals surface area contributed by atoms with Crippen molar-refractivity contribution in [2.45, 2.75) is 140 Å². The number of ether oxygens (including phenoxy) is 5. The van der Waals surface area contributed by atoms with Crippen molar-refractivity contribution in [3.63, 3.8) is 0 Å². The zero-order valence-electron chi connectivity index (χ0n) is 34.9. The lowest BCUT2D eigenvalue weighted by Crippen LogP contribution is -2.30. The summed E-state index contributed by atoms with van der Waals surface area (Å²) < 4.78 is 53.9. The van der Waals surface area contributed by atoms with E-state index in [0.29, 0.717) is 17.8 Å². The van der Waals surface area contributed by atoms with E-state index in [-0.39, 0.29) is 41.7 Å². The Labute approximate surface area is 348 Å². The molecule has 5 atom stereocenters. The Hall–Kier alpha value is -3.99. The predicted molar refractivity (Wildman–Crippen MR) is 221 cm³/mol. The van der Waals surface area contributed by atoms with Crippen LogP contribution in [0.3, 0.4) is 0 Å². The summed E-state index contributed by atoms with van der Waals surface area (Å²) in [6, 6.07) is 10.4. The third-order valence-corrected chi connectivity index (χ3v) is 11.5. The summed E-state index contributed by atoms with van der Waals surface area (Å²) in [6.07, 6.45) is 18.0. The Morgan fingerprint density at radius 3 is 2.08 bits per heavy atom. The molecular weight excluding hydrogens is 779 g/mol. The highest BCUT2D eigenvalue weighted by molar-refractivity contribution is 7.47. The second-order valence-electron chi connectivity index (χ2n) is 15.0. The average molecular weight is 843 g/mol. The lowest BCUT2D eigenvalue weighted by molar-refractivity contribution is -0.0540. The molecule has 17 heteroatoms. The maximum Gasteiger partial charge on any atom is 0.472 e. The highest BCUT2D eigenvalue weighted by Crippen LogP contribution is 2.46. The molecule has 1 aliphatic heterocycles. The van der Waals surface area contributed by atoms with Crippen molar-refractivity contribution in [3.8, 4) is 29.4 Å². The van der Waals surface area contributed by atoms with Gasteiger partial charge in [-0.2, -0.15) is 15.6 Å². The monoisotopic (exact) mass is 842 g/mol. The van der Waals surface area contributed by atoms with E-state index in [9.17, 15) is 25.1 Å². The summed E-state index contributed by atoms with van der Waals surface area (Å²) in [7, 11) is -1.92. The smallest absolute Gasteiger partial charge is 0.472 e. The van der Waals surface area contributed by atoms with E-state index < -0.39 is 44.9 Å². The number of phosphoric ester groups is 1. The largest absolute Gasteiger partial charge is 0.495 e. The van der Waals surface area contributed by atoms with E-state index in [1.807, 2.05) is 6.07 Å². The van der Waals surface area contributed by atoms with Gasteiger partial charge in [0, 0.05) is 25.2 Å². The van der Waals surface area contributed by atoms with E-state index in [4.69, 9.17) is 38.5 Å². The fourth-order valence-electron chi connectivity index (χ4n) is 7.23. The quantitative estimate of drug-likeness (QED) is 0.0428. The van der Waals surface area contributed by atoms with Gasteiger partial charge in [-0.15, -0.1) is 0 Å². The molecule has 0 saturated carbocycles. The third-order valence-electron chi connectivity index (χ3n) is 10.5. The first-order chi connectivity index (χ1) is 28.6. The van der Waals surface area contributed by atoms with Gasteiger partial charge in [0.2, 0.25) is 0 Å². The number of unbranched alkanes of at least 4 members (excludes halogenated alkanes) is 15.